The number of nitrogens with zero attached hydrogens (tertiary/aromatic N) is 5. The fourth-order valence-electron chi connectivity index (χ4n) is 4.54. The number of pyridine rings is 1. The summed E-state index contributed by atoms with van der Waals surface area (Å²) in [6, 6.07) is 11.9. The number of amides is 1. The number of aliphatic imine (C=N–C) groups is 1. The van der Waals surface area contributed by atoms with Gasteiger partial charge in [0, 0.05) is 30.8 Å². The number of likely N-dealkylation sites (tertiary alicyclic amines) is 1. The molecule has 1 amide bonds. The average Bonchev–Trinajstić information content (AvgIpc) is 3.36. The minimum atomic E-state index is -3.65. The minimum Gasteiger partial charge on any atom is -0.341 e. The molecule has 1 aromatic carbocycles. The largest absolute Gasteiger partial charge is 0.341 e. The number of amidine groups is 1. The van der Waals surface area contributed by atoms with Crippen molar-refractivity contribution in [3.05, 3.63) is 60.0 Å². The quantitative estimate of drug-likeness (QED) is 0.634. The Labute approximate surface area is 192 Å². The van der Waals surface area contributed by atoms with Gasteiger partial charge in [0.25, 0.3) is 10.0 Å². The Morgan fingerprint density at radius 1 is 1.09 bits per heavy atom. The van der Waals surface area contributed by atoms with Gasteiger partial charge in [-0.2, -0.15) is 0 Å². The molecule has 10 heteroatoms. The second kappa shape index (κ2) is 8.26. The summed E-state index contributed by atoms with van der Waals surface area (Å²) in [4.78, 5) is 20.1. The number of aromatic nitrogens is 3. The van der Waals surface area contributed by atoms with Crippen LogP contribution in [0.25, 0.3) is 5.65 Å². The van der Waals surface area contributed by atoms with Gasteiger partial charge < -0.3 is 4.90 Å². The zero-order chi connectivity index (χ0) is 23.2. The summed E-state index contributed by atoms with van der Waals surface area (Å²) in [7, 11) is -3.65. The second-order valence-electron chi connectivity index (χ2n) is 8.85. The van der Waals surface area contributed by atoms with Crippen LogP contribution in [0.5, 0.6) is 0 Å². The summed E-state index contributed by atoms with van der Waals surface area (Å²) < 4.78 is 29.4. The molecule has 0 spiro atoms. The van der Waals surface area contributed by atoms with Crippen molar-refractivity contribution in [1.82, 2.24) is 24.2 Å². The molecule has 0 aliphatic carbocycles. The van der Waals surface area contributed by atoms with Crippen LogP contribution in [0.15, 0.2) is 58.5 Å². The van der Waals surface area contributed by atoms with Crippen LogP contribution in [0.4, 0.5) is 0 Å². The summed E-state index contributed by atoms with van der Waals surface area (Å²) in [5, 5.41) is 8.62. The summed E-state index contributed by atoms with van der Waals surface area (Å²) >= 11 is 0. The molecule has 1 saturated heterocycles. The second-order valence-corrected chi connectivity index (χ2v) is 10.5. The van der Waals surface area contributed by atoms with E-state index < -0.39 is 16.1 Å². The van der Waals surface area contributed by atoms with Crippen LogP contribution in [0.1, 0.15) is 44.0 Å². The third kappa shape index (κ3) is 3.88. The van der Waals surface area contributed by atoms with Crippen molar-refractivity contribution in [3.63, 3.8) is 0 Å². The molecule has 9 nitrogen and oxygen atoms in total. The van der Waals surface area contributed by atoms with E-state index in [1.54, 1.807) is 24.3 Å². The van der Waals surface area contributed by atoms with Crippen molar-refractivity contribution in [1.29, 1.82) is 0 Å². The van der Waals surface area contributed by atoms with Gasteiger partial charge in [0.15, 0.2) is 5.65 Å². The maximum atomic E-state index is 13.4. The number of carbonyl (C=O) groups excluding carboxylic acids is 1. The van der Waals surface area contributed by atoms with E-state index in [1.165, 1.54) is 0 Å². The third-order valence-corrected chi connectivity index (χ3v) is 7.72. The predicted molar refractivity (Wildman–Crippen MR) is 123 cm³/mol. The summed E-state index contributed by atoms with van der Waals surface area (Å²) in [5.74, 6) is 1.23. The van der Waals surface area contributed by atoms with Crippen LogP contribution in [0, 0.1) is 5.92 Å². The molecule has 2 aliphatic heterocycles. The van der Waals surface area contributed by atoms with Gasteiger partial charge in [-0.3, -0.25) is 18.9 Å². The summed E-state index contributed by atoms with van der Waals surface area (Å²) in [5.41, 5.74) is 1.33. The molecule has 4 heterocycles. The molecule has 0 saturated carbocycles. The number of benzene rings is 1. The Morgan fingerprint density at radius 2 is 1.82 bits per heavy atom. The molecule has 33 heavy (non-hydrogen) atoms. The zero-order valence-electron chi connectivity index (χ0n) is 18.5. The van der Waals surface area contributed by atoms with E-state index in [0.717, 1.165) is 24.3 Å². The van der Waals surface area contributed by atoms with Gasteiger partial charge in [0.2, 0.25) is 5.91 Å². The molecule has 2 aromatic heterocycles. The smallest absolute Gasteiger partial charge is 0.263 e. The standard InChI is InChI=1S/C23H26N6O3S/c1-15(2)20(24-21-17-7-3-4-8-18(17)33(31,32)27-21)23(30)28-13-10-16(11-14-28)22-26-25-19-9-5-6-12-29(19)22/h3-9,12,15-16,20H,10-11,13-14H2,1-2H3,(H,24,27)/t20-/m0/s1. The fourth-order valence-corrected chi connectivity index (χ4v) is 5.78. The van der Waals surface area contributed by atoms with Crippen LogP contribution in [-0.4, -0.2) is 58.8 Å². The Morgan fingerprint density at radius 3 is 2.58 bits per heavy atom. The van der Waals surface area contributed by atoms with Crippen molar-refractivity contribution < 1.29 is 13.2 Å². The van der Waals surface area contributed by atoms with Gasteiger partial charge in [-0.05, 0) is 43.0 Å². The lowest BCUT2D eigenvalue weighted by Gasteiger charge is -2.33. The number of piperidine rings is 1. The number of rotatable bonds is 4. The Bertz CT molecular complexity index is 1340. The highest BCUT2D eigenvalue weighted by Gasteiger charge is 2.35. The van der Waals surface area contributed by atoms with Crippen molar-refractivity contribution in [2.24, 2.45) is 10.9 Å². The van der Waals surface area contributed by atoms with Crippen LogP contribution in [0.2, 0.25) is 0 Å². The number of carbonyl (C=O) groups is 1. The predicted octanol–water partition coefficient (Wildman–Crippen LogP) is 2.20. The van der Waals surface area contributed by atoms with Gasteiger partial charge in [-0.1, -0.05) is 32.0 Å². The molecule has 0 radical (unpaired) electrons. The van der Waals surface area contributed by atoms with Crippen LogP contribution in [-0.2, 0) is 14.8 Å². The molecule has 3 aromatic rings. The van der Waals surface area contributed by atoms with Gasteiger partial charge in [-0.25, -0.2) is 8.42 Å². The number of hydrogen-bond donors (Lipinski definition) is 1. The van der Waals surface area contributed by atoms with E-state index in [1.807, 2.05) is 47.5 Å². The van der Waals surface area contributed by atoms with Gasteiger partial charge in [0.05, 0.1) is 4.90 Å². The average molecular weight is 467 g/mol. The van der Waals surface area contributed by atoms with Crippen LogP contribution in [0.3, 0.4) is 0 Å². The lowest BCUT2D eigenvalue weighted by atomic mass is 9.94. The summed E-state index contributed by atoms with van der Waals surface area (Å²) in [6.07, 6.45) is 3.55. The molecule has 1 fully saturated rings. The molecule has 2 aliphatic rings. The lowest BCUT2D eigenvalue weighted by molar-refractivity contribution is -0.134. The minimum absolute atomic E-state index is 0.0781. The van der Waals surface area contributed by atoms with E-state index >= 15 is 0 Å². The van der Waals surface area contributed by atoms with Gasteiger partial charge in [0.1, 0.15) is 17.7 Å². The fraction of sp³-hybridized carbons (Fsp3) is 0.391. The molecule has 172 valence electrons. The van der Waals surface area contributed by atoms with E-state index in [0.29, 0.717) is 18.7 Å². The van der Waals surface area contributed by atoms with Gasteiger partial charge in [-0.15, -0.1) is 10.2 Å². The van der Waals surface area contributed by atoms with Crippen LogP contribution < -0.4 is 4.72 Å². The molecule has 0 unspecified atom stereocenters. The molecule has 1 N–H and O–H groups in total. The van der Waals surface area contributed by atoms with Crippen molar-refractivity contribution in [3.8, 4) is 0 Å². The van der Waals surface area contributed by atoms with E-state index in [4.69, 9.17) is 0 Å². The number of nitrogens with one attached hydrogen (secondary N) is 1. The molecular weight excluding hydrogens is 440 g/mol. The van der Waals surface area contributed by atoms with E-state index in [2.05, 4.69) is 19.9 Å². The zero-order valence-corrected chi connectivity index (χ0v) is 19.4. The molecular formula is C23H26N6O3S. The Kier molecular flexibility index (Phi) is 5.40. The maximum absolute atomic E-state index is 13.4. The maximum Gasteiger partial charge on any atom is 0.263 e. The topological polar surface area (TPSA) is 109 Å². The highest BCUT2D eigenvalue weighted by molar-refractivity contribution is 7.90. The molecule has 1 atom stereocenters. The first-order chi connectivity index (χ1) is 15.8. The number of sulfonamides is 1. The highest BCUT2D eigenvalue weighted by atomic mass is 32.2. The SMILES string of the molecule is CC(C)[C@H](N=C1NS(=O)(=O)c2ccccc21)C(=O)N1CCC(c2nnc3ccccn23)CC1. The number of hydrogen-bond acceptors (Lipinski definition) is 6. The molecule has 5 rings (SSSR count). The Balaban J connectivity index is 1.34. The Hall–Kier alpha value is -3.27. The lowest BCUT2D eigenvalue weighted by Crippen LogP contribution is -2.45. The normalized spacial score (nSPS) is 20.2. The summed E-state index contributed by atoms with van der Waals surface area (Å²) in [6.45, 7) is 5.05. The van der Waals surface area contributed by atoms with E-state index in [9.17, 15) is 13.2 Å². The van der Waals surface area contributed by atoms with Crippen LogP contribution >= 0.6 is 0 Å². The molecule has 0 bridgehead atoms. The van der Waals surface area contributed by atoms with Crippen molar-refractivity contribution in [2.45, 2.75) is 43.5 Å². The first kappa shape index (κ1) is 21.6. The first-order valence-corrected chi connectivity index (χ1v) is 12.6. The third-order valence-electron chi connectivity index (χ3n) is 6.33. The van der Waals surface area contributed by atoms with Crippen molar-refractivity contribution >= 4 is 27.4 Å². The van der Waals surface area contributed by atoms with Crippen molar-refractivity contribution in [2.75, 3.05) is 13.1 Å². The highest BCUT2D eigenvalue weighted by Crippen LogP contribution is 2.29. The number of fused-ring (bicyclic) bond motifs is 2. The first-order valence-electron chi connectivity index (χ1n) is 11.1. The van der Waals surface area contributed by atoms with E-state index in [-0.39, 0.29) is 28.5 Å². The van der Waals surface area contributed by atoms with Gasteiger partial charge >= 0.3 is 0 Å². The monoisotopic (exact) mass is 466 g/mol.